The number of amides is 1. The van der Waals surface area contributed by atoms with E-state index in [1.165, 1.54) is 37.4 Å². The predicted octanol–water partition coefficient (Wildman–Crippen LogP) is 5.96. The first kappa shape index (κ1) is 20.2. The van der Waals surface area contributed by atoms with Gasteiger partial charge in [-0.25, -0.2) is 0 Å². The van der Waals surface area contributed by atoms with E-state index in [4.69, 9.17) is 17.0 Å². The van der Waals surface area contributed by atoms with Crippen LogP contribution >= 0.6 is 24.0 Å². The van der Waals surface area contributed by atoms with E-state index in [2.05, 4.69) is 13.0 Å². The summed E-state index contributed by atoms with van der Waals surface area (Å²) in [4.78, 5) is 15.2. The van der Waals surface area contributed by atoms with Crippen molar-refractivity contribution < 1.29 is 9.53 Å². The number of carbonyl (C=O) groups excluding carboxylic acids is 1. The van der Waals surface area contributed by atoms with E-state index in [9.17, 15) is 4.79 Å². The Labute approximate surface area is 171 Å². The first-order chi connectivity index (χ1) is 13.1. The van der Waals surface area contributed by atoms with Crippen LogP contribution in [0.15, 0.2) is 40.8 Å². The molecule has 0 saturated carbocycles. The number of thiocarbonyl (C=S) groups is 1. The molecule has 0 aromatic heterocycles. The van der Waals surface area contributed by atoms with Crippen molar-refractivity contribution in [1.82, 2.24) is 4.90 Å². The van der Waals surface area contributed by atoms with Crippen LogP contribution in [-0.2, 0) is 4.79 Å². The third-order valence-corrected chi connectivity index (χ3v) is 6.30. The van der Waals surface area contributed by atoms with Crippen molar-refractivity contribution >= 4 is 40.3 Å². The first-order valence-electron chi connectivity index (χ1n) is 9.82. The minimum absolute atomic E-state index is 0.0329. The van der Waals surface area contributed by atoms with Gasteiger partial charge in [0.25, 0.3) is 5.91 Å². The number of ether oxygens (including phenoxy) is 1. The van der Waals surface area contributed by atoms with Crippen LogP contribution in [0, 0.1) is 0 Å². The lowest BCUT2D eigenvalue weighted by Gasteiger charge is -2.23. The summed E-state index contributed by atoms with van der Waals surface area (Å²) in [5.74, 6) is 0.920. The molecule has 1 fully saturated rings. The monoisotopic (exact) mass is 401 g/mol. The highest BCUT2D eigenvalue weighted by molar-refractivity contribution is 8.26. The number of thioether (sulfide) groups is 1. The lowest BCUT2D eigenvalue weighted by Crippen LogP contribution is -2.29. The number of rotatable bonds is 8. The molecule has 2 aliphatic heterocycles. The van der Waals surface area contributed by atoms with Crippen LogP contribution in [0.4, 0.5) is 0 Å². The molecule has 0 radical (unpaired) electrons. The van der Waals surface area contributed by atoms with Gasteiger partial charge >= 0.3 is 0 Å². The Bertz CT molecular complexity index is 769. The van der Waals surface area contributed by atoms with Gasteiger partial charge in [0.15, 0.2) is 0 Å². The van der Waals surface area contributed by atoms with Gasteiger partial charge in [-0.05, 0) is 37.1 Å². The zero-order chi connectivity index (χ0) is 19.2. The average Bonchev–Trinajstić information content (AvgIpc) is 2.92. The molecule has 3 rings (SSSR count). The van der Waals surface area contributed by atoms with Crippen LogP contribution in [-0.4, -0.2) is 27.8 Å². The molecule has 3 nitrogen and oxygen atoms in total. The van der Waals surface area contributed by atoms with Crippen molar-refractivity contribution in [2.45, 2.75) is 58.5 Å². The Kier molecular flexibility index (Phi) is 7.13. The van der Waals surface area contributed by atoms with Gasteiger partial charge in [-0.1, -0.05) is 81.2 Å². The quantitative estimate of drug-likeness (QED) is 0.305. The topological polar surface area (TPSA) is 29.5 Å². The van der Waals surface area contributed by atoms with Crippen LogP contribution in [0.5, 0.6) is 5.75 Å². The van der Waals surface area contributed by atoms with E-state index >= 15 is 0 Å². The molecule has 0 N–H and O–H groups in total. The molecule has 0 spiro atoms. The number of carbonyl (C=O) groups is 1. The Balaban J connectivity index is 1.63. The standard InChI is InChI=1S/C22H27NO2S2/c1-3-4-5-6-7-10-13-23-21(24)20(27-22(23)26)15-18-14-17-11-8-9-12-19(17)25-16(18)2/h8-9,11-12,14-16H,3-7,10,13H2,1-2H3/b20-15+. The van der Waals surface area contributed by atoms with E-state index in [1.807, 2.05) is 37.3 Å². The summed E-state index contributed by atoms with van der Waals surface area (Å²) in [7, 11) is 0. The highest BCUT2D eigenvalue weighted by Gasteiger charge is 2.32. The molecule has 2 aliphatic rings. The zero-order valence-corrected chi connectivity index (χ0v) is 17.7. The molecule has 1 atom stereocenters. The number of nitrogens with zero attached hydrogens (tertiary/aromatic N) is 1. The third-order valence-electron chi connectivity index (χ3n) is 4.92. The smallest absolute Gasteiger partial charge is 0.266 e. The van der Waals surface area contributed by atoms with Crippen molar-refractivity contribution in [3.63, 3.8) is 0 Å². The SMILES string of the molecule is CCCCCCCCN1C(=O)/C(=C\C2=Cc3ccccc3OC2C)SC1=S. The summed E-state index contributed by atoms with van der Waals surface area (Å²) < 4.78 is 6.65. The van der Waals surface area contributed by atoms with Gasteiger partial charge < -0.3 is 4.74 Å². The maximum atomic E-state index is 12.8. The van der Waals surface area contributed by atoms with E-state index in [-0.39, 0.29) is 12.0 Å². The van der Waals surface area contributed by atoms with Crippen LogP contribution in [0.3, 0.4) is 0 Å². The zero-order valence-electron chi connectivity index (χ0n) is 16.1. The summed E-state index contributed by atoms with van der Waals surface area (Å²) in [5, 5.41) is 0. The minimum atomic E-state index is -0.0815. The van der Waals surface area contributed by atoms with Gasteiger partial charge in [0.05, 0.1) is 4.91 Å². The minimum Gasteiger partial charge on any atom is -0.485 e. The Hall–Kier alpha value is -1.59. The molecule has 5 heteroatoms. The number of fused-ring (bicyclic) bond motifs is 1. The average molecular weight is 402 g/mol. The number of hydrogen-bond donors (Lipinski definition) is 0. The van der Waals surface area contributed by atoms with Crippen molar-refractivity contribution in [1.29, 1.82) is 0 Å². The molecule has 1 amide bonds. The molecule has 1 aromatic rings. The van der Waals surface area contributed by atoms with E-state index in [0.29, 0.717) is 9.23 Å². The molecule has 1 saturated heterocycles. The van der Waals surface area contributed by atoms with Gasteiger partial charge in [-0.2, -0.15) is 0 Å². The van der Waals surface area contributed by atoms with Crippen molar-refractivity contribution in [2.75, 3.05) is 6.54 Å². The molecular formula is C22H27NO2S2. The summed E-state index contributed by atoms with van der Waals surface area (Å²) in [6.45, 7) is 4.95. The van der Waals surface area contributed by atoms with Gasteiger partial charge in [0, 0.05) is 12.1 Å². The number of benzene rings is 1. The van der Waals surface area contributed by atoms with Gasteiger partial charge in [0.2, 0.25) is 0 Å². The summed E-state index contributed by atoms with van der Waals surface area (Å²) in [6.07, 6.45) is 11.2. The summed E-state index contributed by atoms with van der Waals surface area (Å²) in [6, 6.07) is 7.96. The largest absolute Gasteiger partial charge is 0.485 e. The molecule has 1 unspecified atom stereocenters. The van der Waals surface area contributed by atoms with Crippen LogP contribution in [0.1, 0.15) is 57.9 Å². The first-order valence-corrected chi connectivity index (χ1v) is 11.0. The van der Waals surface area contributed by atoms with E-state index in [0.717, 1.165) is 36.3 Å². The highest BCUT2D eigenvalue weighted by Crippen LogP contribution is 2.35. The van der Waals surface area contributed by atoms with Crippen molar-refractivity contribution in [3.05, 3.63) is 46.4 Å². The fourth-order valence-electron chi connectivity index (χ4n) is 3.32. The molecule has 27 heavy (non-hydrogen) atoms. The molecular weight excluding hydrogens is 374 g/mol. The molecule has 1 aromatic carbocycles. The number of unbranched alkanes of at least 4 members (excludes halogenated alkanes) is 5. The van der Waals surface area contributed by atoms with Crippen LogP contribution < -0.4 is 4.74 Å². The van der Waals surface area contributed by atoms with Crippen molar-refractivity contribution in [3.8, 4) is 5.75 Å². The second-order valence-electron chi connectivity index (χ2n) is 7.04. The maximum Gasteiger partial charge on any atom is 0.266 e. The summed E-state index contributed by atoms with van der Waals surface area (Å²) in [5.41, 5.74) is 2.05. The summed E-state index contributed by atoms with van der Waals surface area (Å²) >= 11 is 6.85. The second kappa shape index (κ2) is 9.56. The fraction of sp³-hybridized carbons (Fsp3) is 0.455. The molecule has 0 bridgehead atoms. The van der Waals surface area contributed by atoms with Gasteiger partial charge in [0.1, 0.15) is 16.2 Å². The van der Waals surface area contributed by atoms with Crippen LogP contribution in [0.2, 0.25) is 0 Å². The van der Waals surface area contributed by atoms with Crippen molar-refractivity contribution in [2.24, 2.45) is 0 Å². The molecule has 144 valence electrons. The van der Waals surface area contributed by atoms with Gasteiger partial charge in [-0.3, -0.25) is 9.69 Å². The lowest BCUT2D eigenvalue weighted by atomic mass is 10.0. The third kappa shape index (κ3) is 5.02. The molecule has 2 heterocycles. The Morgan fingerprint density at radius 1 is 1.19 bits per heavy atom. The van der Waals surface area contributed by atoms with Crippen LogP contribution in [0.25, 0.3) is 6.08 Å². The Morgan fingerprint density at radius 2 is 1.93 bits per heavy atom. The number of hydrogen-bond acceptors (Lipinski definition) is 4. The van der Waals surface area contributed by atoms with E-state index in [1.54, 1.807) is 4.90 Å². The maximum absolute atomic E-state index is 12.8. The second-order valence-corrected chi connectivity index (χ2v) is 8.72. The normalized spacial score (nSPS) is 20.7. The number of para-hydroxylation sites is 1. The fourth-order valence-corrected chi connectivity index (χ4v) is 4.62. The predicted molar refractivity (Wildman–Crippen MR) is 118 cm³/mol. The Morgan fingerprint density at radius 3 is 2.74 bits per heavy atom. The molecule has 0 aliphatic carbocycles. The highest BCUT2D eigenvalue weighted by atomic mass is 32.2. The van der Waals surface area contributed by atoms with Gasteiger partial charge in [-0.15, -0.1) is 0 Å². The van der Waals surface area contributed by atoms with E-state index < -0.39 is 0 Å². The lowest BCUT2D eigenvalue weighted by molar-refractivity contribution is -0.122.